The standard InChI is InChI=1S/C64H50N2S2.C32H23B.C32H20/c1-63(2,3)45-34-36-53-52(37-45)66-62(67-53)44-31-27-42(28-32-44)58-50-24-16-15-23-49(50)57(41-25-29-43(30-26-41)61-65-51-35-33-46(64(4,5)6)38-54(51)68-61)59-55(39-17-9-7-10-18-39)47-21-13-14-22-48(47)56(60(58)59)40-19-11-8-12-20-40;1-4-14-24(15-5-1)31-27-20-10-12-22-29(27)32(30-23-13-11-21-28(30)31)33(25-16-6-2-7-17-25)26-18-8-3-9-19-26;1-3-11-22(12-4-1)29-24-17-7-8-18-25(24)30(23-13-5-2-6-14-23)32-27-20-10-16-21-15-9-19-26(28(21)27)31(29)32/h7-38H,1-6H3;1-23H;1-20H. The molecule has 22 aromatic carbocycles. The molecule has 0 atom stereocenters. The molecule has 2 aromatic heterocycles. The van der Waals surface area contributed by atoms with E-state index < -0.39 is 0 Å². The van der Waals surface area contributed by atoms with Gasteiger partial charge in [-0.15, -0.1) is 22.7 Å². The highest BCUT2D eigenvalue weighted by Gasteiger charge is 2.33. The number of benzene rings is 22. The van der Waals surface area contributed by atoms with Gasteiger partial charge in [0.05, 0.1) is 20.4 Å². The van der Waals surface area contributed by atoms with Crippen molar-refractivity contribution in [1.29, 1.82) is 0 Å². The lowest BCUT2D eigenvalue weighted by atomic mass is 9.35. The van der Waals surface area contributed by atoms with Crippen LogP contribution >= 0.6 is 22.7 Å². The first-order chi connectivity index (χ1) is 65.3. The summed E-state index contributed by atoms with van der Waals surface area (Å²) in [5, 5.41) is 20.0. The summed E-state index contributed by atoms with van der Waals surface area (Å²) in [6.07, 6.45) is 0. The third-order valence-corrected chi connectivity index (χ3v) is 29.2. The smallest absolute Gasteiger partial charge is 0.236 e. The zero-order valence-corrected chi connectivity index (χ0v) is 76.7. The quantitative estimate of drug-likeness (QED) is 0.0900. The first-order valence-corrected chi connectivity index (χ1v) is 47.8. The van der Waals surface area contributed by atoms with Gasteiger partial charge in [0, 0.05) is 11.1 Å². The highest BCUT2D eigenvalue weighted by Crippen LogP contribution is 2.59. The molecule has 0 fully saturated rings. The molecule has 0 radical (unpaired) electrons. The van der Waals surface area contributed by atoms with Crippen LogP contribution in [0.1, 0.15) is 52.7 Å². The van der Waals surface area contributed by atoms with Gasteiger partial charge in [0.2, 0.25) is 6.71 Å². The summed E-state index contributed by atoms with van der Waals surface area (Å²) in [5.41, 5.74) is 34.0. The zero-order valence-electron chi connectivity index (χ0n) is 75.1. The fraction of sp³-hybridized carbons (Fsp3) is 0.0625. The molecular formula is C128H93BN2S2. The molecule has 1 aliphatic carbocycles. The molecule has 2 heterocycles. The predicted octanol–water partition coefficient (Wildman–Crippen LogP) is 34.1. The Bertz CT molecular complexity index is 8100. The van der Waals surface area contributed by atoms with Gasteiger partial charge in [-0.1, -0.05) is 489 Å². The molecule has 0 aliphatic heterocycles. The molecule has 0 saturated carbocycles. The molecule has 0 N–H and O–H groups in total. The lowest BCUT2D eigenvalue weighted by Crippen LogP contribution is -2.52. The Morgan fingerprint density at radius 1 is 0.203 bits per heavy atom. The van der Waals surface area contributed by atoms with Crippen LogP contribution in [0.15, 0.2) is 455 Å². The summed E-state index contributed by atoms with van der Waals surface area (Å²) in [6.45, 7) is 13.7. The molecule has 0 amide bonds. The van der Waals surface area contributed by atoms with Crippen LogP contribution < -0.4 is 16.4 Å². The monoisotopic (exact) mass is 1730 g/mol. The summed E-state index contributed by atoms with van der Waals surface area (Å²) in [4.78, 5) is 10.4. The fourth-order valence-electron chi connectivity index (χ4n) is 20.9. The second-order valence-corrected chi connectivity index (χ2v) is 39.2. The molecule has 0 saturated heterocycles. The second-order valence-electron chi connectivity index (χ2n) is 37.1. The van der Waals surface area contributed by atoms with E-state index in [1.807, 2.05) is 0 Å². The highest BCUT2D eigenvalue weighted by molar-refractivity contribution is 7.22. The van der Waals surface area contributed by atoms with E-state index in [9.17, 15) is 0 Å². The van der Waals surface area contributed by atoms with Crippen molar-refractivity contribution in [3.05, 3.63) is 466 Å². The van der Waals surface area contributed by atoms with Crippen LogP contribution in [-0.4, -0.2) is 16.7 Å². The lowest BCUT2D eigenvalue weighted by Gasteiger charge is -2.25. The van der Waals surface area contributed by atoms with Gasteiger partial charge in [-0.2, -0.15) is 0 Å². The SMILES string of the molecule is CC(C)(C)c1ccc2sc(-c3ccc(-c4c5ccccc5c(-c5ccc(-c6nc7ccc(C(C)(C)C)cc7s6)cc5)c5c(-c6ccccc6)c6ccccc6c(-c6ccccc6)c45)cc3)nc2c1.c1ccc(-c2c3c(c(-c4ccccc4)c4ccccc24)-c2cccc4cccc-3c24)cc1.c1ccc(B(c2ccccc2)c2c3ccccc3c(-c3ccccc3)c3ccccc23)cc1. The normalized spacial score (nSPS) is 11.8. The zero-order chi connectivity index (χ0) is 89.4. The van der Waals surface area contributed by atoms with Gasteiger partial charge < -0.3 is 0 Å². The molecule has 0 bridgehead atoms. The number of rotatable bonds is 12. The third kappa shape index (κ3) is 14.8. The van der Waals surface area contributed by atoms with E-state index in [0.717, 1.165) is 32.2 Å². The highest BCUT2D eigenvalue weighted by atomic mass is 32.1. The average Bonchev–Trinajstić information content (AvgIpc) is 1.63. The van der Waals surface area contributed by atoms with Crippen LogP contribution in [0.5, 0.6) is 0 Å². The molecule has 24 aromatic rings. The first kappa shape index (κ1) is 82.0. The Morgan fingerprint density at radius 3 is 0.865 bits per heavy atom. The maximum atomic E-state index is 5.20. The maximum absolute atomic E-state index is 5.20. The van der Waals surface area contributed by atoms with Crippen LogP contribution in [0.3, 0.4) is 0 Å². The molecule has 133 heavy (non-hydrogen) atoms. The van der Waals surface area contributed by atoms with Crippen LogP contribution in [0.25, 0.3) is 217 Å². The van der Waals surface area contributed by atoms with Crippen LogP contribution in [0, 0.1) is 0 Å². The van der Waals surface area contributed by atoms with Crippen molar-refractivity contribution < 1.29 is 0 Å². The molecule has 25 rings (SSSR count). The minimum atomic E-state index is 0.0582. The van der Waals surface area contributed by atoms with Crippen molar-refractivity contribution in [2.24, 2.45) is 0 Å². The molecule has 630 valence electrons. The third-order valence-electron chi connectivity index (χ3n) is 27.0. The van der Waals surface area contributed by atoms with E-state index in [1.54, 1.807) is 22.7 Å². The minimum absolute atomic E-state index is 0.0582. The van der Waals surface area contributed by atoms with E-state index in [0.29, 0.717) is 0 Å². The average molecular weight is 1730 g/mol. The second kappa shape index (κ2) is 34.1. The van der Waals surface area contributed by atoms with Crippen molar-refractivity contribution in [1.82, 2.24) is 9.97 Å². The molecule has 0 unspecified atom stereocenters. The van der Waals surface area contributed by atoms with E-state index in [1.165, 1.54) is 212 Å². The van der Waals surface area contributed by atoms with Gasteiger partial charge in [0.1, 0.15) is 10.0 Å². The van der Waals surface area contributed by atoms with Gasteiger partial charge in [-0.3, -0.25) is 0 Å². The van der Waals surface area contributed by atoms with E-state index >= 15 is 0 Å². The number of hydrogen-bond donors (Lipinski definition) is 0. The van der Waals surface area contributed by atoms with Crippen molar-refractivity contribution in [2.75, 3.05) is 0 Å². The Labute approximate surface area is 785 Å². The van der Waals surface area contributed by atoms with Gasteiger partial charge in [0.25, 0.3) is 0 Å². The summed E-state index contributed by atoms with van der Waals surface area (Å²) < 4.78 is 2.43. The summed E-state index contributed by atoms with van der Waals surface area (Å²) >= 11 is 3.54. The lowest BCUT2D eigenvalue weighted by molar-refractivity contribution is 0.591. The minimum Gasteiger partial charge on any atom is -0.236 e. The van der Waals surface area contributed by atoms with Crippen LogP contribution in [0.2, 0.25) is 0 Å². The molecule has 1 aliphatic rings. The maximum Gasteiger partial charge on any atom is 0.242 e. The largest absolute Gasteiger partial charge is 0.242 e. The molecule has 0 spiro atoms. The Hall–Kier alpha value is -15.5. The summed E-state index contributed by atoms with van der Waals surface area (Å²) in [7, 11) is 0. The Kier molecular flexibility index (Phi) is 21.0. The van der Waals surface area contributed by atoms with E-state index in [4.69, 9.17) is 9.97 Å². The van der Waals surface area contributed by atoms with E-state index in [2.05, 4.69) is 497 Å². The number of nitrogens with zero attached hydrogens (tertiary/aromatic N) is 2. The Morgan fingerprint density at radius 2 is 0.489 bits per heavy atom. The number of fused-ring (bicyclic) bond motifs is 11. The van der Waals surface area contributed by atoms with Gasteiger partial charge in [-0.25, -0.2) is 9.97 Å². The predicted molar refractivity (Wildman–Crippen MR) is 577 cm³/mol. The number of thiazole rings is 2. The topological polar surface area (TPSA) is 25.8 Å². The number of hydrogen-bond acceptors (Lipinski definition) is 4. The van der Waals surface area contributed by atoms with Crippen molar-refractivity contribution >= 4 is 142 Å². The number of aromatic nitrogens is 2. The molecular weight excluding hydrogens is 1640 g/mol. The first-order valence-electron chi connectivity index (χ1n) is 46.2. The van der Waals surface area contributed by atoms with Gasteiger partial charge in [-0.05, 0) is 222 Å². The van der Waals surface area contributed by atoms with Crippen LogP contribution in [0.4, 0.5) is 0 Å². The van der Waals surface area contributed by atoms with Crippen LogP contribution in [-0.2, 0) is 10.8 Å². The summed E-state index contributed by atoms with van der Waals surface area (Å²) in [6, 6.07) is 167. The molecule has 5 heteroatoms. The summed E-state index contributed by atoms with van der Waals surface area (Å²) in [5.74, 6) is 0. The van der Waals surface area contributed by atoms with Gasteiger partial charge >= 0.3 is 0 Å². The van der Waals surface area contributed by atoms with E-state index in [-0.39, 0.29) is 17.5 Å². The van der Waals surface area contributed by atoms with Crippen molar-refractivity contribution in [2.45, 2.75) is 52.4 Å². The Balaban J connectivity index is 0.000000127. The van der Waals surface area contributed by atoms with Gasteiger partial charge in [0.15, 0.2) is 0 Å². The fourth-order valence-corrected chi connectivity index (χ4v) is 22.8. The van der Waals surface area contributed by atoms with Crippen molar-refractivity contribution in [3.63, 3.8) is 0 Å². The van der Waals surface area contributed by atoms with Crippen molar-refractivity contribution in [3.8, 4) is 121 Å². The molecule has 2 nitrogen and oxygen atoms in total.